The van der Waals surface area contributed by atoms with Crippen molar-refractivity contribution in [3.63, 3.8) is 0 Å². The van der Waals surface area contributed by atoms with Gasteiger partial charge in [-0.25, -0.2) is 12.8 Å². The van der Waals surface area contributed by atoms with Crippen molar-refractivity contribution >= 4 is 26.0 Å². The predicted octanol–water partition coefficient (Wildman–Crippen LogP) is 1.07. The zero-order valence-electron chi connectivity index (χ0n) is 9.81. The summed E-state index contributed by atoms with van der Waals surface area (Å²) >= 11 is 3.05. The van der Waals surface area contributed by atoms with E-state index in [9.17, 15) is 12.8 Å². The van der Waals surface area contributed by atoms with Gasteiger partial charge in [-0.1, -0.05) is 0 Å². The second-order valence-electron chi connectivity index (χ2n) is 4.04. The average molecular weight is 348 g/mol. The van der Waals surface area contributed by atoms with E-state index in [1.165, 1.54) is 6.07 Å². The van der Waals surface area contributed by atoms with Crippen molar-refractivity contribution in [3.05, 3.63) is 28.5 Å². The third-order valence-electron chi connectivity index (χ3n) is 2.82. The maximum atomic E-state index is 13.0. The van der Waals surface area contributed by atoms with E-state index < -0.39 is 21.9 Å². The number of benzene rings is 1. The van der Waals surface area contributed by atoms with Crippen molar-refractivity contribution in [2.45, 2.75) is 10.9 Å². The van der Waals surface area contributed by atoms with Crippen molar-refractivity contribution in [2.24, 2.45) is 0 Å². The molecule has 1 fully saturated rings. The molecule has 19 heavy (non-hydrogen) atoms. The lowest BCUT2D eigenvalue weighted by atomic mass is 10.3. The van der Waals surface area contributed by atoms with E-state index in [-0.39, 0.29) is 22.5 Å². The number of nitriles is 1. The van der Waals surface area contributed by atoms with Crippen LogP contribution in [0.15, 0.2) is 27.6 Å². The Kier molecular flexibility index (Phi) is 4.20. The maximum absolute atomic E-state index is 13.0. The monoisotopic (exact) mass is 347 g/mol. The van der Waals surface area contributed by atoms with Crippen LogP contribution in [0.5, 0.6) is 0 Å². The number of nitrogens with one attached hydrogen (secondary N) is 1. The molecular weight excluding hydrogens is 337 g/mol. The summed E-state index contributed by atoms with van der Waals surface area (Å²) in [6, 6.07) is 4.58. The fourth-order valence-electron chi connectivity index (χ4n) is 1.89. The molecule has 0 amide bonds. The van der Waals surface area contributed by atoms with Gasteiger partial charge in [0.2, 0.25) is 10.0 Å². The molecule has 1 saturated heterocycles. The van der Waals surface area contributed by atoms with Crippen LogP contribution in [0.1, 0.15) is 0 Å². The molecule has 1 aromatic rings. The molecule has 1 aliphatic heterocycles. The Morgan fingerprint density at radius 3 is 2.89 bits per heavy atom. The van der Waals surface area contributed by atoms with Crippen LogP contribution >= 0.6 is 15.9 Å². The molecule has 0 spiro atoms. The molecule has 2 rings (SSSR count). The number of hydrogen-bond donors (Lipinski definition) is 1. The third kappa shape index (κ3) is 2.79. The Hall–Kier alpha value is -1.01. The van der Waals surface area contributed by atoms with Gasteiger partial charge in [-0.3, -0.25) is 0 Å². The Morgan fingerprint density at radius 1 is 1.53 bits per heavy atom. The fourth-order valence-corrected chi connectivity index (χ4v) is 4.45. The molecule has 5 nitrogen and oxygen atoms in total. The summed E-state index contributed by atoms with van der Waals surface area (Å²) in [6.07, 6.45) is 0. The molecule has 0 bridgehead atoms. The molecule has 1 unspecified atom stereocenters. The third-order valence-corrected chi connectivity index (χ3v) is 5.71. The quantitative estimate of drug-likeness (QED) is 0.868. The first-order chi connectivity index (χ1) is 8.96. The van der Waals surface area contributed by atoms with E-state index in [0.717, 1.165) is 16.4 Å². The first kappa shape index (κ1) is 14.4. The summed E-state index contributed by atoms with van der Waals surface area (Å²) < 4.78 is 39.3. The summed E-state index contributed by atoms with van der Waals surface area (Å²) in [5.74, 6) is -0.525. The summed E-state index contributed by atoms with van der Waals surface area (Å²) in [4.78, 5) is -0.0314. The normalized spacial score (nSPS) is 21.0. The van der Waals surface area contributed by atoms with Crippen LogP contribution in [0.3, 0.4) is 0 Å². The van der Waals surface area contributed by atoms with Crippen LogP contribution in [-0.4, -0.2) is 38.4 Å². The molecule has 1 atom stereocenters. The number of hydrogen-bond acceptors (Lipinski definition) is 4. The smallest absolute Gasteiger partial charge is 0.245 e. The second kappa shape index (κ2) is 5.54. The van der Waals surface area contributed by atoms with Gasteiger partial charge in [0, 0.05) is 24.1 Å². The maximum Gasteiger partial charge on any atom is 0.245 e. The van der Waals surface area contributed by atoms with Crippen LogP contribution in [-0.2, 0) is 10.0 Å². The van der Waals surface area contributed by atoms with Gasteiger partial charge in [0.1, 0.15) is 11.9 Å². The number of piperazine rings is 1. The molecular formula is C11H11BrFN3O2S. The van der Waals surface area contributed by atoms with E-state index in [1.54, 1.807) is 0 Å². The summed E-state index contributed by atoms with van der Waals surface area (Å²) in [7, 11) is -3.81. The van der Waals surface area contributed by atoms with Gasteiger partial charge in [0.15, 0.2) is 0 Å². The molecule has 1 heterocycles. The SMILES string of the molecule is N#CC1CNCCN1S(=O)(=O)c1ccc(F)cc1Br. The van der Waals surface area contributed by atoms with E-state index in [4.69, 9.17) is 5.26 Å². The Labute approximate surface area is 119 Å². The lowest BCUT2D eigenvalue weighted by Crippen LogP contribution is -2.52. The number of sulfonamides is 1. The lowest BCUT2D eigenvalue weighted by Gasteiger charge is -2.31. The Balaban J connectivity index is 2.44. The first-order valence-electron chi connectivity index (χ1n) is 5.54. The second-order valence-corrected chi connectivity index (χ2v) is 6.75. The molecule has 0 aromatic heterocycles. The van der Waals surface area contributed by atoms with Gasteiger partial charge in [-0.05, 0) is 34.1 Å². The summed E-state index contributed by atoms with van der Waals surface area (Å²) in [5.41, 5.74) is 0. The average Bonchev–Trinajstić information content (AvgIpc) is 2.38. The van der Waals surface area contributed by atoms with Gasteiger partial charge in [-0.2, -0.15) is 9.57 Å². The minimum Gasteiger partial charge on any atom is -0.313 e. The van der Waals surface area contributed by atoms with Crippen molar-refractivity contribution in [3.8, 4) is 6.07 Å². The number of halogens is 2. The highest BCUT2D eigenvalue weighted by Crippen LogP contribution is 2.27. The van der Waals surface area contributed by atoms with Gasteiger partial charge in [-0.15, -0.1) is 0 Å². The molecule has 0 aliphatic carbocycles. The summed E-state index contributed by atoms with van der Waals surface area (Å²) in [5, 5.41) is 12.0. The van der Waals surface area contributed by atoms with Crippen molar-refractivity contribution < 1.29 is 12.8 Å². The minimum atomic E-state index is -3.81. The molecule has 1 aromatic carbocycles. The molecule has 0 radical (unpaired) electrons. The largest absolute Gasteiger partial charge is 0.313 e. The van der Waals surface area contributed by atoms with Crippen LogP contribution in [0, 0.1) is 17.1 Å². The van der Waals surface area contributed by atoms with E-state index >= 15 is 0 Å². The molecule has 1 aliphatic rings. The van der Waals surface area contributed by atoms with Crippen molar-refractivity contribution in [1.29, 1.82) is 5.26 Å². The van der Waals surface area contributed by atoms with Gasteiger partial charge >= 0.3 is 0 Å². The highest BCUT2D eigenvalue weighted by Gasteiger charge is 2.34. The topological polar surface area (TPSA) is 73.2 Å². The summed E-state index contributed by atoms with van der Waals surface area (Å²) in [6.45, 7) is 0.981. The van der Waals surface area contributed by atoms with E-state index in [1.807, 2.05) is 6.07 Å². The lowest BCUT2D eigenvalue weighted by molar-refractivity contribution is 0.311. The Bertz CT molecular complexity index is 629. The minimum absolute atomic E-state index is 0.0314. The molecule has 1 N–H and O–H groups in total. The Morgan fingerprint density at radius 2 is 2.26 bits per heavy atom. The van der Waals surface area contributed by atoms with Crippen LogP contribution < -0.4 is 5.32 Å². The van der Waals surface area contributed by atoms with Gasteiger partial charge < -0.3 is 5.32 Å². The van der Waals surface area contributed by atoms with E-state index in [0.29, 0.717) is 6.54 Å². The highest BCUT2D eigenvalue weighted by atomic mass is 79.9. The fraction of sp³-hybridized carbons (Fsp3) is 0.364. The molecule has 102 valence electrons. The molecule has 0 saturated carbocycles. The van der Waals surface area contributed by atoms with Gasteiger partial charge in [0.05, 0.1) is 11.0 Å². The van der Waals surface area contributed by atoms with Crippen molar-refractivity contribution in [1.82, 2.24) is 9.62 Å². The van der Waals surface area contributed by atoms with Crippen LogP contribution in [0.4, 0.5) is 4.39 Å². The number of rotatable bonds is 2. The predicted molar refractivity (Wildman–Crippen MR) is 70.3 cm³/mol. The van der Waals surface area contributed by atoms with Gasteiger partial charge in [0.25, 0.3) is 0 Å². The molecule has 8 heteroatoms. The van der Waals surface area contributed by atoms with Crippen LogP contribution in [0.2, 0.25) is 0 Å². The van der Waals surface area contributed by atoms with Crippen LogP contribution in [0.25, 0.3) is 0 Å². The highest BCUT2D eigenvalue weighted by molar-refractivity contribution is 9.10. The zero-order chi connectivity index (χ0) is 14.0. The first-order valence-corrected chi connectivity index (χ1v) is 7.77. The van der Waals surface area contributed by atoms with E-state index in [2.05, 4.69) is 21.2 Å². The van der Waals surface area contributed by atoms with Crippen molar-refractivity contribution in [2.75, 3.05) is 19.6 Å². The number of nitrogens with zero attached hydrogens (tertiary/aromatic N) is 2. The zero-order valence-corrected chi connectivity index (χ0v) is 12.2. The standard InChI is InChI=1S/C11H11BrFN3O2S/c12-10-5-8(13)1-2-11(10)19(17,18)16-4-3-15-7-9(16)6-14/h1-2,5,9,15H,3-4,7H2.